The van der Waals surface area contributed by atoms with Gasteiger partial charge in [-0.15, -0.1) is 11.3 Å². The summed E-state index contributed by atoms with van der Waals surface area (Å²) in [5.41, 5.74) is 2.40. The summed E-state index contributed by atoms with van der Waals surface area (Å²) in [6.45, 7) is 1.87. The molecular formula is C19H15ClFN3O2S. The Bertz CT molecular complexity index is 989. The van der Waals surface area contributed by atoms with Gasteiger partial charge in [0.1, 0.15) is 5.82 Å². The fourth-order valence-corrected chi connectivity index (χ4v) is 3.18. The van der Waals surface area contributed by atoms with E-state index < -0.39 is 11.7 Å². The monoisotopic (exact) mass is 403 g/mol. The molecule has 0 aliphatic rings. The van der Waals surface area contributed by atoms with Crippen molar-refractivity contribution in [3.05, 3.63) is 75.5 Å². The van der Waals surface area contributed by atoms with E-state index in [-0.39, 0.29) is 12.3 Å². The number of thiazole rings is 1. The number of halogens is 2. The van der Waals surface area contributed by atoms with Crippen LogP contribution in [0.1, 0.15) is 21.6 Å². The summed E-state index contributed by atoms with van der Waals surface area (Å²) >= 11 is 7.16. The van der Waals surface area contributed by atoms with Crippen LogP contribution >= 0.6 is 22.9 Å². The number of carbonyl (C=O) groups excluding carboxylic acids is 2. The van der Waals surface area contributed by atoms with E-state index in [0.717, 1.165) is 5.56 Å². The Morgan fingerprint density at radius 3 is 2.63 bits per heavy atom. The van der Waals surface area contributed by atoms with Crippen molar-refractivity contribution >= 4 is 45.6 Å². The summed E-state index contributed by atoms with van der Waals surface area (Å²) < 4.78 is 12.9. The zero-order valence-electron chi connectivity index (χ0n) is 14.3. The number of hydrogen-bond donors (Lipinski definition) is 2. The van der Waals surface area contributed by atoms with E-state index in [1.54, 1.807) is 17.5 Å². The summed E-state index contributed by atoms with van der Waals surface area (Å²) in [4.78, 5) is 28.6. The molecule has 138 valence electrons. The molecule has 5 nitrogen and oxygen atoms in total. The molecule has 0 atom stereocenters. The number of anilines is 2. The largest absolute Gasteiger partial charge is 0.325 e. The van der Waals surface area contributed by atoms with Gasteiger partial charge < -0.3 is 5.32 Å². The van der Waals surface area contributed by atoms with Crippen LogP contribution in [0.25, 0.3) is 0 Å². The van der Waals surface area contributed by atoms with Gasteiger partial charge in [0.25, 0.3) is 5.91 Å². The van der Waals surface area contributed by atoms with E-state index in [1.165, 1.54) is 35.6 Å². The molecule has 0 bridgehead atoms. The minimum atomic E-state index is -0.413. The highest BCUT2D eigenvalue weighted by Gasteiger charge is 2.12. The first-order valence-corrected chi connectivity index (χ1v) is 9.24. The molecule has 2 N–H and O–H groups in total. The van der Waals surface area contributed by atoms with Crippen LogP contribution in [-0.2, 0) is 11.2 Å². The first-order chi connectivity index (χ1) is 12.9. The lowest BCUT2D eigenvalue weighted by molar-refractivity contribution is -0.115. The van der Waals surface area contributed by atoms with Gasteiger partial charge in [-0.3, -0.25) is 14.9 Å². The smallest absolute Gasteiger partial charge is 0.257 e. The number of nitrogens with one attached hydrogen (secondary N) is 2. The first-order valence-electron chi connectivity index (χ1n) is 7.98. The van der Waals surface area contributed by atoms with Crippen molar-refractivity contribution in [2.45, 2.75) is 13.3 Å². The number of carbonyl (C=O) groups is 2. The molecule has 8 heteroatoms. The fourth-order valence-electron chi connectivity index (χ4n) is 2.30. The van der Waals surface area contributed by atoms with Crippen molar-refractivity contribution in [3.63, 3.8) is 0 Å². The molecule has 0 radical (unpaired) electrons. The van der Waals surface area contributed by atoms with Crippen LogP contribution in [0.4, 0.5) is 15.2 Å². The summed E-state index contributed by atoms with van der Waals surface area (Å²) in [5, 5.41) is 8.04. The average molecular weight is 404 g/mol. The molecule has 2 amide bonds. The fraction of sp³-hybridized carbons (Fsp3) is 0.105. The average Bonchev–Trinajstić information content (AvgIpc) is 3.05. The quantitative estimate of drug-likeness (QED) is 0.649. The lowest BCUT2D eigenvalue weighted by Gasteiger charge is -2.08. The van der Waals surface area contributed by atoms with Crippen molar-refractivity contribution < 1.29 is 14.0 Å². The molecule has 2 aromatic carbocycles. The van der Waals surface area contributed by atoms with E-state index in [2.05, 4.69) is 15.6 Å². The molecule has 0 aliphatic carbocycles. The SMILES string of the molecule is Cc1ccc(Cl)cc1NC(=O)Cc1csc(NC(=O)c2ccc(F)cc2)n1. The van der Waals surface area contributed by atoms with Crippen molar-refractivity contribution in [2.75, 3.05) is 10.6 Å². The van der Waals surface area contributed by atoms with Crippen LogP contribution in [0, 0.1) is 12.7 Å². The Hall–Kier alpha value is -2.77. The second kappa shape index (κ2) is 8.28. The standard InChI is InChI=1S/C19H15ClFN3O2S/c1-11-2-5-13(20)8-16(11)23-17(25)9-15-10-27-19(22-15)24-18(26)12-3-6-14(21)7-4-12/h2-8,10H,9H2,1H3,(H,23,25)(H,22,24,26). The van der Waals surface area contributed by atoms with Crippen LogP contribution in [-0.4, -0.2) is 16.8 Å². The van der Waals surface area contributed by atoms with Crippen molar-refractivity contribution in [2.24, 2.45) is 0 Å². The predicted molar refractivity (Wildman–Crippen MR) is 105 cm³/mol. The Morgan fingerprint density at radius 1 is 1.15 bits per heavy atom. The second-order valence-electron chi connectivity index (χ2n) is 5.79. The maximum Gasteiger partial charge on any atom is 0.257 e. The van der Waals surface area contributed by atoms with Gasteiger partial charge in [-0.05, 0) is 48.9 Å². The van der Waals surface area contributed by atoms with Crippen molar-refractivity contribution in [1.29, 1.82) is 0 Å². The van der Waals surface area contributed by atoms with Crippen molar-refractivity contribution in [1.82, 2.24) is 4.98 Å². The molecule has 27 heavy (non-hydrogen) atoms. The van der Waals surface area contributed by atoms with Crippen LogP contribution in [0.3, 0.4) is 0 Å². The third kappa shape index (κ3) is 5.12. The molecule has 0 aliphatic heterocycles. The van der Waals surface area contributed by atoms with Crippen LogP contribution in [0.15, 0.2) is 47.8 Å². The molecule has 3 rings (SSSR count). The van der Waals surface area contributed by atoms with Gasteiger partial charge in [-0.2, -0.15) is 0 Å². The Labute approximate surface area is 164 Å². The Morgan fingerprint density at radius 2 is 1.89 bits per heavy atom. The lowest BCUT2D eigenvalue weighted by atomic mass is 10.2. The molecule has 0 saturated carbocycles. The number of aromatic nitrogens is 1. The maximum atomic E-state index is 12.9. The zero-order valence-corrected chi connectivity index (χ0v) is 15.8. The summed E-state index contributed by atoms with van der Waals surface area (Å²) in [6, 6.07) is 10.5. The lowest BCUT2D eigenvalue weighted by Crippen LogP contribution is -2.16. The predicted octanol–water partition coefficient (Wildman–Crippen LogP) is 4.68. The highest BCUT2D eigenvalue weighted by Crippen LogP contribution is 2.21. The number of nitrogens with zero attached hydrogens (tertiary/aromatic N) is 1. The maximum absolute atomic E-state index is 12.9. The van der Waals surface area contributed by atoms with Gasteiger partial charge in [0.2, 0.25) is 5.91 Å². The second-order valence-corrected chi connectivity index (χ2v) is 7.08. The van der Waals surface area contributed by atoms with Gasteiger partial charge in [0.05, 0.1) is 12.1 Å². The molecule has 0 unspecified atom stereocenters. The summed E-state index contributed by atoms with van der Waals surface area (Å²) in [6.07, 6.45) is 0.0644. The Kier molecular flexibility index (Phi) is 5.83. The minimum Gasteiger partial charge on any atom is -0.325 e. The number of benzene rings is 2. The number of hydrogen-bond acceptors (Lipinski definition) is 4. The van der Waals surface area contributed by atoms with Gasteiger partial charge in [0, 0.05) is 21.7 Å². The molecule has 0 fully saturated rings. The van der Waals surface area contributed by atoms with Crippen LogP contribution < -0.4 is 10.6 Å². The van der Waals surface area contributed by atoms with Crippen molar-refractivity contribution in [3.8, 4) is 0 Å². The van der Waals surface area contributed by atoms with E-state index >= 15 is 0 Å². The highest BCUT2D eigenvalue weighted by molar-refractivity contribution is 7.14. The van der Waals surface area contributed by atoms with E-state index in [4.69, 9.17) is 11.6 Å². The molecule has 1 heterocycles. The summed E-state index contributed by atoms with van der Waals surface area (Å²) in [7, 11) is 0. The van der Waals surface area contributed by atoms with Gasteiger partial charge in [-0.25, -0.2) is 9.37 Å². The molecule has 3 aromatic rings. The van der Waals surface area contributed by atoms with E-state index in [0.29, 0.717) is 27.1 Å². The molecule has 1 aromatic heterocycles. The van der Waals surface area contributed by atoms with Crippen LogP contribution in [0.5, 0.6) is 0 Å². The van der Waals surface area contributed by atoms with E-state index in [9.17, 15) is 14.0 Å². The topological polar surface area (TPSA) is 71.1 Å². The van der Waals surface area contributed by atoms with Gasteiger partial charge in [0.15, 0.2) is 5.13 Å². The number of rotatable bonds is 5. The third-order valence-corrected chi connectivity index (χ3v) is 4.74. The number of amides is 2. The first kappa shape index (κ1) is 19.0. The molecule has 0 saturated heterocycles. The third-order valence-electron chi connectivity index (χ3n) is 3.69. The summed E-state index contributed by atoms with van der Waals surface area (Å²) in [5.74, 6) is -1.04. The normalized spacial score (nSPS) is 10.5. The van der Waals surface area contributed by atoms with Gasteiger partial charge in [-0.1, -0.05) is 17.7 Å². The molecular weight excluding hydrogens is 389 g/mol. The number of aryl methyl sites for hydroxylation is 1. The van der Waals surface area contributed by atoms with E-state index in [1.807, 2.05) is 13.0 Å². The highest BCUT2D eigenvalue weighted by atomic mass is 35.5. The molecule has 0 spiro atoms. The Balaban J connectivity index is 1.60. The van der Waals surface area contributed by atoms with Crippen LogP contribution in [0.2, 0.25) is 5.02 Å². The van der Waals surface area contributed by atoms with Gasteiger partial charge >= 0.3 is 0 Å². The minimum absolute atomic E-state index is 0.0644. The zero-order chi connectivity index (χ0) is 19.4.